The Kier molecular flexibility index (Phi) is 7.07. The number of thioether (sulfide) groups is 1. The molecule has 28 heavy (non-hydrogen) atoms. The van der Waals surface area contributed by atoms with E-state index in [1.807, 2.05) is 27.9 Å². The van der Waals surface area contributed by atoms with Crippen molar-refractivity contribution >= 4 is 17.7 Å². The highest BCUT2D eigenvalue weighted by Gasteiger charge is 2.21. The topological polar surface area (TPSA) is 75.9 Å². The molecule has 1 aromatic heterocycles. The zero-order chi connectivity index (χ0) is 20.1. The maximum Gasteiger partial charge on any atom is 0.233 e. The van der Waals surface area contributed by atoms with Crippen molar-refractivity contribution in [2.75, 3.05) is 20.6 Å². The number of likely N-dealkylation sites (N-methyl/N-ethyl adjacent to an activating group) is 1. The molecule has 0 aliphatic heterocycles. The number of hydrogen-bond acceptors (Lipinski definition) is 6. The molecule has 2 aromatic rings. The van der Waals surface area contributed by atoms with Crippen LogP contribution >= 0.6 is 11.8 Å². The molecule has 1 N–H and O–H groups in total. The number of aryl methyl sites for hydroxylation is 2. The van der Waals surface area contributed by atoms with Crippen LogP contribution in [0.1, 0.15) is 49.4 Å². The Bertz CT molecular complexity index is 806. The number of carbonyl (C=O) groups excluding carboxylic acids is 1. The molecule has 1 aliphatic rings. The smallest absolute Gasteiger partial charge is 0.233 e. The van der Waals surface area contributed by atoms with Gasteiger partial charge in [-0.05, 0) is 80.7 Å². The maximum absolute atomic E-state index is 12.7. The van der Waals surface area contributed by atoms with Crippen molar-refractivity contribution in [3.8, 4) is 0 Å². The first-order valence-electron chi connectivity index (χ1n) is 9.93. The molecule has 1 heterocycles. The molecule has 0 fully saturated rings. The summed E-state index contributed by atoms with van der Waals surface area (Å²) in [5, 5.41) is 15.4. The van der Waals surface area contributed by atoms with Crippen LogP contribution in [0.4, 0.5) is 0 Å². The summed E-state index contributed by atoms with van der Waals surface area (Å²) in [4.78, 5) is 14.8. The standard InChI is InChI=1S/C20H30N6OS/c1-14(17-10-9-16-7-5-6-8-18(16)13-17)21-19(27)15(2)28-20-22-23-24-26(20)12-11-25(3)4/h9-10,13-15H,5-8,11-12H2,1-4H3,(H,21,27). The largest absolute Gasteiger partial charge is 0.349 e. The highest BCUT2D eigenvalue weighted by molar-refractivity contribution is 8.00. The van der Waals surface area contributed by atoms with Crippen molar-refractivity contribution < 1.29 is 4.79 Å². The van der Waals surface area contributed by atoms with Gasteiger partial charge in [0.1, 0.15) is 0 Å². The second-order valence-electron chi connectivity index (χ2n) is 7.71. The first-order chi connectivity index (χ1) is 13.4. The zero-order valence-electron chi connectivity index (χ0n) is 17.2. The Hall–Kier alpha value is -1.93. The average molecular weight is 403 g/mol. The number of aromatic nitrogens is 4. The Morgan fingerprint density at radius 1 is 1.25 bits per heavy atom. The molecule has 0 bridgehead atoms. The van der Waals surface area contributed by atoms with Crippen molar-refractivity contribution in [2.45, 2.75) is 62.5 Å². The van der Waals surface area contributed by atoms with E-state index >= 15 is 0 Å². The third kappa shape index (κ3) is 5.32. The van der Waals surface area contributed by atoms with Gasteiger partial charge < -0.3 is 10.2 Å². The minimum atomic E-state index is -0.274. The molecule has 8 heteroatoms. The molecule has 2 atom stereocenters. The van der Waals surface area contributed by atoms with Crippen LogP contribution in [-0.4, -0.2) is 56.9 Å². The van der Waals surface area contributed by atoms with Gasteiger partial charge in [-0.3, -0.25) is 4.79 Å². The normalized spacial score (nSPS) is 15.9. The molecule has 0 saturated carbocycles. The van der Waals surface area contributed by atoms with Crippen LogP contribution < -0.4 is 5.32 Å². The molecule has 0 saturated heterocycles. The second kappa shape index (κ2) is 9.52. The van der Waals surface area contributed by atoms with Gasteiger partial charge in [-0.25, -0.2) is 4.68 Å². The third-order valence-electron chi connectivity index (χ3n) is 5.14. The summed E-state index contributed by atoms with van der Waals surface area (Å²) in [5.74, 6) is -0.00243. The van der Waals surface area contributed by atoms with Gasteiger partial charge >= 0.3 is 0 Å². The fraction of sp³-hybridized carbons (Fsp3) is 0.600. The minimum absolute atomic E-state index is 0.00243. The lowest BCUT2D eigenvalue weighted by molar-refractivity contribution is -0.120. The molecule has 3 rings (SSSR count). The minimum Gasteiger partial charge on any atom is -0.349 e. The molecule has 0 radical (unpaired) electrons. The van der Waals surface area contributed by atoms with E-state index < -0.39 is 0 Å². The summed E-state index contributed by atoms with van der Waals surface area (Å²) in [5.41, 5.74) is 4.07. The number of rotatable bonds is 8. The van der Waals surface area contributed by atoms with Crippen molar-refractivity contribution in [3.63, 3.8) is 0 Å². The number of nitrogens with zero attached hydrogens (tertiary/aromatic N) is 5. The van der Waals surface area contributed by atoms with Crippen LogP contribution in [0, 0.1) is 0 Å². The highest BCUT2D eigenvalue weighted by atomic mass is 32.2. The van der Waals surface area contributed by atoms with Crippen molar-refractivity contribution in [1.29, 1.82) is 0 Å². The predicted molar refractivity (Wildman–Crippen MR) is 111 cm³/mol. The Balaban J connectivity index is 1.57. The lowest BCUT2D eigenvalue weighted by Crippen LogP contribution is -2.33. The van der Waals surface area contributed by atoms with Gasteiger partial charge in [-0.1, -0.05) is 30.0 Å². The van der Waals surface area contributed by atoms with Gasteiger partial charge in [0.25, 0.3) is 0 Å². The Morgan fingerprint density at radius 3 is 2.75 bits per heavy atom. The fourth-order valence-corrected chi connectivity index (χ4v) is 4.19. The van der Waals surface area contributed by atoms with Gasteiger partial charge in [0.15, 0.2) is 0 Å². The summed E-state index contributed by atoms with van der Waals surface area (Å²) in [6.07, 6.45) is 4.85. The molecular formula is C20H30N6OS. The Labute approximate surface area is 171 Å². The van der Waals surface area contributed by atoms with Crippen LogP contribution in [0.5, 0.6) is 0 Å². The average Bonchev–Trinajstić information content (AvgIpc) is 3.12. The number of nitrogens with one attached hydrogen (secondary N) is 1. The first-order valence-corrected chi connectivity index (χ1v) is 10.8. The van der Waals surface area contributed by atoms with Crippen molar-refractivity contribution in [3.05, 3.63) is 34.9 Å². The van der Waals surface area contributed by atoms with E-state index in [1.165, 1.54) is 47.7 Å². The number of fused-ring (bicyclic) bond motifs is 1. The van der Waals surface area contributed by atoms with Crippen LogP contribution in [0.2, 0.25) is 0 Å². The van der Waals surface area contributed by atoms with Crippen molar-refractivity contribution in [1.82, 2.24) is 30.4 Å². The summed E-state index contributed by atoms with van der Waals surface area (Å²) < 4.78 is 1.75. The quantitative estimate of drug-likeness (QED) is 0.684. The number of tetrazole rings is 1. The van der Waals surface area contributed by atoms with Crippen LogP contribution in [-0.2, 0) is 24.2 Å². The number of amides is 1. The summed E-state index contributed by atoms with van der Waals surface area (Å²) in [7, 11) is 4.02. The van der Waals surface area contributed by atoms with E-state index in [2.05, 4.69) is 43.9 Å². The van der Waals surface area contributed by atoms with Gasteiger partial charge in [0.05, 0.1) is 17.8 Å². The molecule has 0 spiro atoms. The highest BCUT2D eigenvalue weighted by Crippen LogP contribution is 2.26. The monoisotopic (exact) mass is 402 g/mol. The maximum atomic E-state index is 12.7. The van der Waals surface area contributed by atoms with E-state index in [0.29, 0.717) is 11.7 Å². The summed E-state index contributed by atoms with van der Waals surface area (Å²) in [6, 6.07) is 6.62. The third-order valence-corrected chi connectivity index (χ3v) is 6.21. The van der Waals surface area contributed by atoms with Crippen LogP contribution in [0.25, 0.3) is 0 Å². The van der Waals surface area contributed by atoms with E-state index in [-0.39, 0.29) is 17.2 Å². The molecule has 7 nitrogen and oxygen atoms in total. The zero-order valence-corrected chi connectivity index (χ0v) is 18.0. The summed E-state index contributed by atoms with van der Waals surface area (Å²) in [6.45, 7) is 5.47. The lowest BCUT2D eigenvalue weighted by Gasteiger charge is -2.21. The van der Waals surface area contributed by atoms with Gasteiger partial charge in [-0.2, -0.15) is 0 Å². The Morgan fingerprint density at radius 2 is 2.00 bits per heavy atom. The van der Waals surface area contributed by atoms with Gasteiger partial charge in [0.2, 0.25) is 11.1 Å². The number of benzene rings is 1. The molecular weight excluding hydrogens is 372 g/mol. The fourth-order valence-electron chi connectivity index (χ4n) is 3.36. The molecule has 1 aliphatic carbocycles. The predicted octanol–water partition coefficient (Wildman–Crippen LogP) is 2.47. The van der Waals surface area contributed by atoms with Crippen molar-refractivity contribution in [2.24, 2.45) is 0 Å². The van der Waals surface area contributed by atoms with Gasteiger partial charge in [0, 0.05) is 6.54 Å². The number of hydrogen-bond donors (Lipinski definition) is 1. The SMILES string of the molecule is CC(Sc1nnnn1CCN(C)C)C(=O)NC(C)c1ccc2c(c1)CCCC2. The molecule has 152 valence electrons. The lowest BCUT2D eigenvalue weighted by atomic mass is 9.89. The number of carbonyl (C=O) groups is 1. The van der Waals surface area contributed by atoms with E-state index in [1.54, 1.807) is 4.68 Å². The summed E-state index contributed by atoms with van der Waals surface area (Å²) >= 11 is 1.39. The molecule has 1 amide bonds. The second-order valence-corrected chi connectivity index (χ2v) is 9.02. The van der Waals surface area contributed by atoms with E-state index in [4.69, 9.17) is 0 Å². The molecule has 1 aromatic carbocycles. The first kappa shape index (κ1) is 20.8. The molecule has 2 unspecified atom stereocenters. The van der Waals surface area contributed by atoms with E-state index in [9.17, 15) is 4.79 Å². The van der Waals surface area contributed by atoms with Gasteiger partial charge in [-0.15, -0.1) is 5.10 Å². The van der Waals surface area contributed by atoms with Crippen LogP contribution in [0.15, 0.2) is 23.4 Å². The van der Waals surface area contributed by atoms with Crippen LogP contribution in [0.3, 0.4) is 0 Å². The van der Waals surface area contributed by atoms with E-state index in [0.717, 1.165) is 13.0 Å².